The second-order valence-corrected chi connectivity index (χ2v) is 17.5. The Bertz CT molecular complexity index is 401. The Morgan fingerprint density at radius 2 is 1.64 bits per heavy atom. The molecule has 1 rings (SSSR count). The fraction of sp³-hybridized carbons (Fsp3) is 1.00. The first-order valence-corrected chi connectivity index (χ1v) is 14.9. The van der Waals surface area contributed by atoms with E-state index in [0.717, 1.165) is 12.8 Å². The molecule has 5 heteroatoms. The molecule has 1 aliphatic rings. The fourth-order valence-electron chi connectivity index (χ4n) is 3.17. The van der Waals surface area contributed by atoms with Gasteiger partial charge in [0.15, 0.2) is 8.32 Å². The van der Waals surface area contributed by atoms with E-state index < -0.39 is 8.32 Å². The minimum Gasteiger partial charge on any atom is -0.413 e. The van der Waals surface area contributed by atoms with E-state index in [2.05, 4.69) is 85.1 Å². The van der Waals surface area contributed by atoms with Crippen molar-refractivity contribution in [2.75, 3.05) is 11.5 Å². The third-order valence-corrected chi connectivity index (χ3v) is 14.2. The number of rotatable bonds is 8. The Labute approximate surface area is 166 Å². The Hall–Kier alpha value is 0.837. The molecular weight excluding hydrogens is 364 g/mol. The number of thioether (sulfide) groups is 2. The summed E-state index contributed by atoms with van der Waals surface area (Å²) in [6.07, 6.45) is 3.14. The molecule has 0 aromatic heterocycles. The SMILES string of the molecule is CCC1(C[C@@H](O)[C@H](C)[C@H](O[Si](C)(C)C(C)(C)C)C(C)C)SCCCS1. The highest BCUT2D eigenvalue weighted by atomic mass is 32.2. The van der Waals surface area contributed by atoms with Gasteiger partial charge in [-0.25, -0.2) is 0 Å². The van der Waals surface area contributed by atoms with Crippen LogP contribution in [0.5, 0.6) is 0 Å². The van der Waals surface area contributed by atoms with Crippen LogP contribution in [-0.2, 0) is 4.43 Å². The van der Waals surface area contributed by atoms with E-state index in [9.17, 15) is 5.11 Å². The molecule has 1 N–H and O–H groups in total. The van der Waals surface area contributed by atoms with Crippen molar-refractivity contribution < 1.29 is 9.53 Å². The van der Waals surface area contributed by atoms with Crippen molar-refractivity contribution in [3.8, 4) is 0 Å². The number of hydrogen-bond donors (Lipinski definition) is 1. The molecule has 0 amide bonds. The van der Waals surface area contributed by atoms with Gasteiger partial charge in [-0.1, -0.05) is 48.5 Å². The van der Waals surface area contributed by atoms with Gasteiger partial charge < -0.3 is 9.53 Å². The summed E-state index contributed by atoms with van der Waals surface area (Å²) >= 11 is 4.13. The van der Waals surface area contributed by atoms with Crippen LogP contribution in [0.2, 0.25) is 18.1 Å². The molecule has 150 valence electrons. The highest BCUT2D eigenvalue weighted by molar-refractivity contribution is 8.18. The molecule has 1 saturated heterocycles. The van der Waals surface area contributed by atoms with E-state index in [1.807, 2.05) is 0 Å². The molecule has 1 aliphatic heterocycles. The fourth-order valence-corrected chi connectivity index (χ4v) is 8.02. The lowest BCUT2D eigenvalue weighted by Gasteiger charge is -2.44. The first kappa shape index (κ1) is 23.9. The lowest BCUT2D eigenvalue weighted by Crippen LogP contribution is -2.49. The minimum absolute atomic E-state index is 0.128. The molecule has 0 aromatic carbocycles. The summed E-state index contributed by atoms with van der Waals surface area (Å²) in [5, 5.41) is 11.3. The number of aliphatic hydroxyl groups excluding tert-OH is 1. The minimum atomic E-state index is -1.84. The van der Waals surface area contributed by atoms with Crippen LogP contribution < -0.4 is 0 Å². The smallest absolute Gasteiger partial charge is 0.192 e. The summed E-state index contributed by atoms with van der Waals surface area (Å²) in [4.78, 5) is 0. The Morgan fingerprint density at radius 3 is 2.04 bits per heavy atom. The van der Waals surface area contributed by atoms with Crippen LogP contribution in [0.4, 0.5) is 0 Å². The molecule has 0 saturated carbocycles. The lowest BCUT2D eigenvalue weighted by atomic mass is 9.88. The van der Waals surface area contributed by atoms with Gasteiger partial charge in [-0.05, 0) is 54.8 Å². The molecule has 3 atom stereocenters. The number of aliphatic hydroxyl groups is 1. The van der Waals surface area contributed by atoms with Gasteiger partial charge in [-0.2, -0.15) is 0 Å². The van der Waals surface area contributed by atoms with Gasteiger partial charge in [-0.3, -0.25) is 0 Å². The standard InChI is InChI=1S/C20H42O2S2Si/c1-10-20(23-12-11-13-24-20)14-17(21)16(4)18(15(2)3)22-25(8,9)19(5,6)7/h15-18,21H,10-14H2,1-9H3/t16-,17+,18+/m0/s1. The summed E-state index contributed by atoms with van der Waals surface area (Å²) < 4.78 is 6.97. The van der Waals surface area contributed by atoms with Gasteiger partial charge in [0.05, 0.1) is 16.3 Å². The van der Waals surface area contributed by atoms with Gasteiger partial charge in [0.2, 0.25) is 0 Å². The largest absolute Gasteiger partial charge is 0.413 e. The summed E-state index contributed by atoms with van der Waals surface area (Å²) in [6.45, 7) is 20.5. The normalized spacial score (nSPS) is 22.7. The maximum Gasteiger partial charge on any atom is 0.192 e. The van der Waals surface area contributed by atoms with Crippen LogP contribution >= 0.6 is 23.5 Å². The van der Waals surface area contributed by atoms with Crippen molar-refractivity contribution >= 4 is 31.8 Å². The van der Waals surface area contributed by atoms with Crippen molar-refractivity contribution in [3.63, 3.8) is 0 Å². The molecule has 1 fully saturated rings. The van der Waals surface area contributed by atoms with Crippen LogP contribution in [0.15, 0.2) is 0 Å². The first-order chi connectivity index (χ1) is 11.4. The number of hydrogen-bond acceptors (Lipinski definition) is 4. The summed E-state index contributed by atoms with van der Waals surface area (Å²) in [5.41, 5.74) is 0. The lowest BCUT2D eigenvalue weighted by molar-refractivity contribution is 0.000619. The molecule has 0 unspecified atom stereocenters. The average Bonchev–Trinajstić information content (AvgIpc) is 2.51. The van der Waals surface area contributed by atoms with Gasteiger partial charge in [-0.15, -0.1) is 23.5 Å². The van der Waals surface area contributed by atoms with Crippen LogP contribution in [0.3, 0.4) is 0 Å². The zero-order valence-corrected chi connectivity index (χ0v) is 20.6. The third-order valence-electron chi connectivity index (χ3n) is 6.10. The maximum atomic E-state index is 11.1. The Kier molecular flexibility index (Phi) is 8.94. The van der Waals surface area contributed by atoms with E-state index in [1.165, 1.54) is 17.9 Å². The van der Waals surface area contributed by atoms with Crippen LogP contribution in [0.1, 0.15) is 67.7 Å². The van der Waals surface area contributed by atoms with Gasteiger partial charge in [0.25, 0.3) is 0 Å². The van der Waals surface area contributed by atoms with Crippen molar-refractivity contribution in [1.29, 1.82) is 0 Å². The van der Waals surface area contributed by atoms with E-state index in [0.29, 0.717) is 5.92 Å². The van der Waals surface area contributed by atoms with Gasteiger partial charge in [0, 0.05) is 5.92 Å². The zero-order valence-electron chi connectivity index (χ0n) is 18.0. The molecule has 0 radical (unpaired) electrons. The van der Waals surface area contributed by atoms with Crippen LogP contribution in [0.25, 0.3) is 0 Å². The summed E-state index contributed by atoms with van der Waals surface area (Å²) in [7, 11) is -1.84. The predicted molar refractivity (Wildman–Crippen MR) is 119 cm³/mol. The second kappa shape index (κ2) is 9.36. The van der Waals surface area contributed by atoms with Crippen LogP contribution in [0, 0.1) is 11.8 Å². The summed E-state index contributed by atoms with van der Waals surface area (Å²) in [6, 6.07) is 0. The highest BCUT2D eigenvalue weighted by Crippen LogP contribution is 2.49. The molecular formula is C20H42O2S2Si. The third kappa shape index (κ3) is 6.44. The van der Waals surface area contributed by atoms with E-state index in [4.69, 9.17) is 4.43 Å². The first-order valence-electron chi connectivity index (χ1n) is 9.99. The van der Waals surface area contributed by atoms with Gasteiger partial charge >= 0.3 is 0 Å². The van der Waals surface area contributed by atoms with Crippen molar-refractivity contribution in [3.05, 3.63) is 0 Å². The van der Waals surface area contributed by atoms with Crippen molar-refractivity contribution in [2.24, 2.45) is 11.8 Å². The zero-order chi connectivity index (χ0) is 19.5. The molecule has 2 nitrogen and oxygen atoms in total. The van der Waals surface area contributed by atoms with E-state index in [1.54, 1.807) is 0 Å². The van der Waals surface area contributed by atoms with Crippen molar-refractivity contribution in [2.45, 2.75) is 102 Å². The average molecular weight is 407 g/mol. The van der Waals surface area contributed by atoms with Gasteiger partial charge in [0.1, 0.15) is 0 Å². The molecule has 1 heterocycles. The Balaban J connectivity index is 2.85. The van der Waals surface area contributed by atoms with E-state index >= 15 is 0 Å². The van der Waals surface area contributed by atoms with Crippen LogP contribution in [-0.4, -0.2) is 41.2 Å². The second-order valence-electron chi connectivity index (χ2n) is 9.53. The molecule has 0 bridgehead atoms. The topological polar surface area (TPSA) is 29.5 Å². The predicted octanol–water partition coefficient (Wildman–Crippen LogP) is 6.40. The summed E-state index contributed by atoms with van der Waals surface area (Å²) in [5.74, 6) is 3.05. The highest BCUT2D eigenvalue weighted by Gasteiger charge is 2.43. The maximum absolute atomic E-state index is 11.1. The Morgan fingerprint density at radius 1 is 1.12 bits per heavy atom. The monoisotopic (exact) mass is 406 g/mol. The van der Waals surface area contributed by atoms with E-state index in [-0.39, 0.29) is 27.2 Å². The molecule has 0 aliphatic carbocycles. The van der Waals surface area contributed by atoms with Crippen molar-refractivity contribution in [1.82, 2.24) is 0 Å². The molecule has 0 spiro atoms. The molecule has 25 heavy (non-hydrogen) atoms. The quantitative estimate of drug-likeness (QED) is 0.472. The molecule has 0 aromatic rings.